The zero-order valence-electron chi connectivity index (χ0n) is 13.1. The highest BCUT2D eigenvalue weighted by Crippen LogP contribution is 2.29. The summed E-state index contributed by atoms with van der Waals surface area (Å²) in [5.41, 5.74) is 0. The van der Waals surface area contributed by atoms with Crippen LogP contribution in [0.4, 0.5) is 0 Å². The number of carbonyl (C=O) groups is 1. The average Bonchev–Trinajstić information content (AvgIpc) is 3.26. The molecule has 0 radical (unpaired) electrons. The Morgan fingerprint density at radius 1 is 1.29 bits per heavy atom. The van der Waals surface area contributed by atoms with Gasteiger partial charge in [0, 0.05) is 26.2 Å². The fourth-order valence-electron chi connectivity index (χ4n) is 2.61. The van der Waals surface area contributed by atoms with Crippen LogP contribution in [-0.4, -0.2) is 68.7 Å². The second-order valence-electron chi connectivity index (χ2n) is 6.25. The van der Waals surface area contributed by atoms with Crippen LogP contribution < -0.4 is 0 Å². The molecule has 1 amide bonds. The second-order valence-corrected chi connectivity index (χ2v) is 8.30. The number of sulfonamides is 1. The summed E-state index contributed by atoms with van der Waals surface area (Å²) < 4.78 is 30.1. The monoisotopic (exact) mass is 318 g/mol. The number of ether oxygens (including phenoxy) is 1. The van der Waals surface area contributed by atoms with E-state index in [-0.39, 0.29) is 11.9 Å². The molecule has 122 valence electrons. The Labute approximate surface area is 127 Å². The molecule has 1 aliphatic heterocycles. The highest BCUT2D eigenvalue weighted by Gasteiger charge is 2.31. The summed E-state index contributed by atoms with van der Waals surface area (Å²) in [6, 6.07) is -0.00765. The van der Waals surface area contributed by atoms with Gasteiger partial charge < -0.3 is 9.64 Å². The minimum atomic E-state index is -3.16. The van der Waals surface area contributed by atoms with Gasteiger partial charge in [0.25, 0.3) is 5.91 Å². The van der Waals surface area contributed by atoms with Crippen molar-refractivity contribution in [2.24, 2.45) is 5.92 Å². The van der Waals surface area contributed by atoms with E-state index in [0.717, 1.165) is 0 Å². The molecule has 6 nitrogen and oxygen atoms in total. The van der Waals surface area contributed by atoms with Crippen LogP contribution in [0.25, 0.3) is 0 Å². The quantitative estimate of drug-likeness (QED) is 0.722. The Morgan fingerprint density at radius 2 is 1.86 bits per heavy atom. The van der Waals surface area contributed by atoms with Gasteiger partial charge in [-0.25, -0.2) is 12.7 Å². The van der Waals surface area contributed by atoms with Gasteiger partial charge in [0.05, 0.1) is 12.9 Å². The zero-order valence-corrected chi connectivity index (χ0v) is 13.9. The molecule has 0 N–H and O–H groups in total. The molecule has 0 bridgehead atoms. The maximum absolute atomic E-state index is 12.3. The molecule has 1 atom stereocenters. The standard InChI is InChI=1S/C14H26N2O4S/c1-11(20-10-12-4-5-12)14(17)16-8-6-13(7-9-16)15(2)21(3,18)19/h11-13H,4-10H2,1-3H3/t11-/m1/s1. The third-order valence-corrected chi connectivity index (χ3v) is 5.78. The van der Waals surface area contributed by atoms with E-state index < -0.39 is 16.1 Å². The van der Waals surface area contributed by atoms with Crippen molar-refractivity contribution in [2.75, 3.05) is 33.0 Å². The molecule has 1 saturated heterocycles. The Bertz CT molecular complexity index is 467. The topological polar surface area (TPSA) is 66.9 Å². The predicted octanol–water partition coefficient (Wildman–Crippen LogP) is 0.684. The second kappa shape index (κ2) is 6.62. The molecule has 2 rings (SSSR count). The molecule has 0 spiro atoms. The molecule has 7 heteroatoms. The molecule has 2 aliphatic rings. The van der Waals surface area contributed by atoms with E-state index in [0.29, 0.717) is 38.5 Å². The number of hydrogen-bond acceptors (Lipinski definition) is 4. The maximum Gasteiger partial charge on any atom is 0.251 e. The van der Waals surface area contributed by atoms with E-state index in [9.17, 15) is 13.2 Å². The summed E-state index contributed by atoms with van der Waals surface area (Å²) >= 11 is 0. The van der Waals surface area contributed by atoms with E-state index in [4.69, 9.17) is 4.74 Å². The molecule has 2 fully saturated rings. The van der Waals surface area contributed by atoms with E-state index in [1.807, 2.05) is 0 Å². The van der Waals surface area contributed by atoms with Gasteiger partial charge in [0.15, 0.2) is 0 Å². The average molecular weight is 318 g/mol. The lowest BCUT2D eigenvalue weighted by Gasteiger charge is -2.36. The number of rotatable bonds is 6. The first-order chi connectivity index (χ1) is 9.79. The molecule has 0 aromatic rings. The number of amides is 1. The third kappa shape index (κ3) is 4.66. The number of likely N-dealkylation sites (tertiary alicyclic amines) is 1. The summed E-state index contributed by atoms with van der Waals surface area (Å²) in [7, 11) is -1.55. The molecule has 0 aromatic carbocycles. The Balaban J connectivity index is 1.78. The fraction of sp³-hybridized carbons (Fsp3) is 0.929. The predicted molar refractivity (Wildman–Crippen MR) is 80.3 cm³/mol. The van der Waals surface area contributed by atoms with E-state index in [1.54, 1.807) is 18.9 Å². The summed E-state index contributed by atoms with van der Waals surface area (Å²) in [6.07, 6.45) is 4.62. The van der Waals surface area contributed by atoms with Crippen molar-refractivity contribution in [2.45, 2.75) is 44.8 Å². The first-order valence-electron chi connectivity index (χ1n) is 7.62. The normalized spacial score (nSPS) is 22.6. The van der Waals surface area contributed by atoms with Crippen LogP contribution in [-0.2, 0) is 19.6 Å². The van der Waals surface area contributed by atoms with E-state index in [1.165, 1.54) is 23.4 Å². The molecule has 1 heterocycles. The van der Waals surface area contributed by atoms with Gasteiger partial charge in [-0.15, -0.1) is 0 Å². The summed E-state index contributed by atoms with van der Waals surface area (Å²) in [5.74, 6) is 0.672. The van der Waals surface area contributed by atoms with Gasteiger partial charge >= 0.3 is 0 Å². The maximum atomic E-state index is 12.3. The lowest BCUT2D eigenvalue weighted by Crippen LogP contribution is -2.49. The summed E-state index contributed by atoms with van der Waals surface area (Å²) in [4.78, 5) is 14.1. The molecule has 1 saturated carbocycles. The number of carbonyl (C=O) groups excluding carboxylic acids is 1. The zero-order chi connectivity index (χ0) is 15.6. The van der Waals surface area contributed by atoms with E-state index >= 15 is 0 Å². The van der Waals surface area contributed by atoms with Crippen molar-refractivity contribution in [1.29, 1.82) is 0 Å². The Kier molecular flexibility index (Phi) is 5.27. The van der Waals surface area contributed by atoms with Crippen molar-refractivity contribution in [3.05, 3.63) is 0 Å². The van der Waals surface area contributed by atoms with Crippen molar-refractivity contribution in [3.8, 4) is 0 Å². The Hall–Kier alpha value is -0.660. The summed E-state index contributed by atoms with van der Waals surface area (Å²) in [6.45, 7) is 3.68. The molecule has 0 unspecified atom stereocenters. The van der Waals surface area contributed by atoms with Crippen LogP contribution in [0.5, 0.6) is 0 Å². The number of nitrogens with zero attached hydrogens (tertiary/aromatic N) is 2. The molecular formula is C14H26N2O4S. The lowest BCUT2D eigenvalue weighted by molar-refractivity contribution is -0.144. The lowest BCUT2D eigenvalue weighted by atomic mass is 10.0. The van der Waals surface area contributed by atoms with Crippen molar-refractivity contribution >= 4 is 15.9 Å². The summed E-state index contributed by atoms with van der Waals surface area (Å²) in [5, 5.41) is 0. The SMILES string of the molecule is C[C@@H](OCC1CC1)C(=O)N1CCC(N(C)S(C)(=O)=O)CC1. The highest BCUT2D eigenvalue weighted by molar-refractivity contribution is 7.88. The molecule has 21 heavy (non-hydrogen) atoms. The van der Waals surface area contributed by atoms with Crippen LogP contribution in [0.15, 0.2) is 0 Å². The van der Waals surface area contributed by atoms with Gasteiger partial charge in [-0.3, -0.25) is 4.79 Å². The minimum absolute atomic E-state index is 0.00765. The Morgan fingerprint density at radius 3 is 2.33 bits per heavy atom. The van der Waals surface area contributed by atoms with Gasteiger partial charge in [-0.2, -0.15) is 0 Å². The third-order valence-electron chi connectivity index (χ3n) is 4.44. The van der Waals surface area contributed by atoms with Crippen molar-refractivity contribution in [3.63, 3.8) is 0 Å². The van der Waals surface area contributed by atoms with Gasteiger partial charge in [-0.1, -0.05) is 0 Å². The van der Waals surface area contributed by atoms with Gasteiger partial charge in [0.1, 0.15) is 6.10 Å². The van der Waals surface area contributed by atoms with Crippen LogP contribution in [0.2, 0.25) is 0 Å². The van der Waals surface area contributed by atoms with Crippen molar-refractivity contribution in [1.82, 2.24) is 9.21 Å². The fourth-order valence-corrected chi connectivity index (χ4v) is 3.37. The van der Waals surface area contributed by atoms with Crippen LogP contribution in [0.1, 0.15) is 32.6 Å². The van der Waals surface area contributed by atoms with Crippen LogP contribution in [0, 0.1) is 5.92 Å². The highest BCUT2D eigenvalue weighted by atomic mass is 32.2. The van der Waals surface area contributed by atoms with Gasteiger partial charge in [0.2, 0.25) is 10.0 Å². The first-order valence-corrected chi connectivity index (χ1v) is 9.47. The smallest absolute Gasteiger partial charge is 0.251 e. The first kappa shape index (κ1) is 16.7. The number of hydrogen-bond donors (Lipinski definition) is 0. The molecular weight excluding hydrogens is 292 g/mol. The minimum Gasteiger partial charge on any atom is -0.368 e. The van der Waals surface area contributed by atoms with Gasteiger partial charge in [-0.05, 0) is 38.5 Å². The van der Waals surface area contributed by atoms with Crippen LogP contribution in [0.3, 0.4) is 0 Å². The molecule has 0 aromatic heterocycles. The number of piperidine rings is 1. The van der Waals surface area contributed by atoms with E-state index in [2.05, 4.69) is 0 Å². The largest absolute Gasteiger partial charge is 0.368 e. The van der Waals surface area contributed by atoms with Crippen molar-refractivity contribution < 1.29 is 17.9 Å². The van der Waals surface area contributed by atoms with Crippen LogP contribution >= 0.6 is 0 Å². The molecule has 1 aliphatic carbocycles.